The van der Waals surface area contributed by atoms with Crippen molar-refractivity contribution in [1.29, 1.82) is 0 Å². The molecule has 0 spiro atoms. The molecule has 1 saturated heterocycles. The number of hydrogen-bond donors (Lipinski definition) is 0. The quantitative estimate of drug-likeness (QED) is 0.832. The molecule has 0 bridgehead atoms. The molecule has 1 aromatic rings. The smallest absolute Gasteiger partial charge is 0.152 e. The number of nitrogens with zero attached hydrogens (tertiary/aromatic N) is 1. The minimum atomic E-state index is -2.79. The third-order valence-corrected chi connectivity index (χ3v) is 5.06. The van der Waals surface area contributed by atoms with Crippen molar-refractivity contribution < 1.29 is 13.2 Å². The summed E-state index contributed by atoms with van der Waals surface area (Å²) >= 11 is 0. The molecule has 0 radical (unpaired) electrons. The number of sulfone groups is 1. The summed E-state index contributed by atoms with van der Waals surface area (Å²) in [6.45, 7) is 6.79. The van der Waals surface area contributed by atoms with Crippen LogP contribution in [-0.2, 0) is 27.7 Å². The second-order valence-corrected chi connectivity index (χ2v) is 7.91. The van der Waals surface area contributed by atoms with Gasteiger partial charge < -0.3 is 4.74 Å². The molecule has 0 saturated carbocycles. The molecule has 5 heteroatoms. The molecule has 1 fully saturated rings. The molecule has 0 aliphatic carbocycles. The lowest BCUT2D eigenvalue weighted by Crippen LogP contribution is -2.39. The molecule has 112 valence electrons. The summed E-state index contributed by atoms with van der Waals surface area (Å²) in [5.41, 5.74) is 2.39. The van der Waals surface area contributed by atoms with Gasteiger partial charge in [-0.2, -0.15) is 0 Å². The first-order chi connectivity index (χ1) is 9.44. The van der Waals surface area contributed by atoms with Gasteiger partial charge in [0, 0.05) is 19.6 Å². The van der Waals surface area contributed by atoms with E-state index in [1.807, 2.05) is 13.8 Å². The largest absolute Gasteiger partial charge is 0.374 e. The Bertz CT molecular complexity index is 509. The van der Waals surface area contributed by atoms with Gasteiger partial charge in [-0.05, 0) is 25.0 Å². The van der Waals surface area contributed by atoms with E-state index in [0.29, 0.717) is 19.7 Å². The van der Waals surface area contributed by atoms with Gasteiger partial charge in [0.15, 0.2) is 9.84 Å². The zero-order chi connectivity index (χ0) is 14.6. The monoisotopic (exact) mass is 297 g/mol. The van der Waals surface area contributed by atoms with Gasteiger partial charge in [0.05, 0.1) is 24.2 Å². The van der Waals surface area contributed by atoms with Gasteiger partial charge in [0.2, 0.25) is 0 Å². The normalized spacial score (nSPS) is 19.4. The maximum atomic E-state index is 11.4. The molecule has 0 N–H and O–H groups in total. The SMILES string of the molecule is CC(C)OCc1ccc(CN2CCS(=O)(=O)CC2)cc1. The molecule has 1 heterocycles. The van der Waals surface area contributed by atoms with E-state index < -0.39 is 9.84 Å². The van der Waals surface area contributed by atoms with Crippen LogP contribution >= 0.6 is 0 Å². The second kappa shape index (κ2) is 6.70. The zero-order valence-corrected chi connectivity index (χ0v) is 13.0. The van der Waals surface area contributed by atoms with Crippen molar-refractivity contribution in [1.82, 2.24) is 4.90 Å². The van der Waals surface area contributed by atoms with Gasteiger partial charge in [-0.1, -0.05) is 24.3 Å². The van der Waals surface area contributed by atoms with Crippen molar-refractivity contribution >= 4 is 9.84 Å². The standard InChI is InChI=1S/C15H23NO3S/c1-13(2)19-12-15-5-3-14(4-6-15)11-16-7-9-20(17,18)10-8-16/h3-6,13H,7-12H2,1-2H3. The van der Waals surface area contributed by atoms with Crippen LogP contribution in [0.3, 0.4) is 0 Å². The number of hydrogen-bond acceptors (Lipinski definition) is 4. The summed E-state index contributed by atoms with van der Waals surface area (Å²) in [7, 11) is -2.79. The fraction of sp³-hybridized carbons (Fsp3) is 0.600. The fourth-order valence-corrected chi connectivity index (χ4v) is 3.45. The Kier molecular flexibility index (Phi) is 5.18. The third-order valence-electron chi connectivity index (χ3n) is 3.45. The number of ether oxygens (including phenoxy) is 1. The van der Waals surface area contributed by atoms with Crippen molar-refractivity contribution in [3.05, 3.63) is 35.4 Å². The molecule has 1 aliphatic heterocycles. The number of benzene rings is 1. The van der Waals surface area contributed by atoms with Gasteiger partial charge in [-0.25, -0.2) is 8.42 Å². The van der Waals surface area contributed by atoms with E-state index in [2.05, 4.69) is 29.2 Å². The minimum Gasteiger partial charge on any atom is -0.374 e. The summed E-state index contributed by atoms with van der Waals surface area (Å²) in [6.07, 6.45) is 0.241. The van der Waals surface area contributed by atoms with Crippen LogP contribution in [0.15, 0.2) is 24.3 Å². The van der Waals surface area contributed by atoms with Gasteiger partial charge >= 0.3 is 0 Å². The Labute approximate surface area is 121 Å². The van der Waals surface area contributed by atoms with Gasteiger partial charge in [0.25, 0.3) is 0 Å². The highest BCUT2D eigenvalue weighted by Crippen LogP contribution is 2.12. The highest BCUT2D eigenvalue weighted by molar-refractivity contribution is 7.91. The van der Waals surface area contributed by atoms with Crippen molar-refractivity contribution in [2.75, 3.05) is 24.6 Å². The van der Waals surface area contributed by atoms with Crippen molar-refractivity contribution in [3.8, 4) is 0 Å². The average molecular weight is 297 g/mol. The fourth-order valence-electron chi connectivity index (χ4n) is 2.17. The Morgan fingerprint density at radius 3 is 2.20 bits per heavy atom. The summed E-state index contributed by atoms with van der Waals surface area (Å²) in [4.78, 5) is 2.20. The molecule has 2 rings (SSSR count). The van der Waals surface area contributed by atoms with Crippen LogP contribution < -0.4 is 0 Å². The lowest BCUT2D eigenvalue weighted by molar-refractivity contribution is 0.0657. The van der Waals surface area contributed by atoms with E-state index in [-0.39, 0.29) is 17.6 Å². The Morgan fingerprint density at radius 2 is 1.65 bits per heavy atom. The predicted octanol–water partition coefficient (Wildman–Crippen LogP) is 1.84. The summed E-state index contributed by atoms with van der Waals surface area (Å²) < 4.78 is 28.3. The first-order valence-electron chi connectivity index (χ1n) is 7.07. The minimum absolute atomic E-state index is 0.241. The van der Waals surface area contributed by atoms with Crippen molar-refractivity contribution in [2.45, 2.75) is 33.1 Å². The first kappa shape index (κ1) is 15.5. The maximum absolute atomic E-state index is 11.4. The van der Waals surface area contributed by atoms with Crippen LogP contribution in [0.5, 0.6) is 0 Å². The highest BCUT2D eigenvalue weighted by atomic mass is 32.2. The maximum Gasteiger partial charge on any atom is 0.152 e. The Balaban J connectivity index is 1.85. The lowest BCUT2D eigenvalue weighted by Gasteiger charge is -2.26. The molecule has 0 aromatic heterocycles. The van der Waals surface area contributed by atoms with Crippen LogP contribution in [0.4, 0.5) is 0 Å². The summed E-state index contributed by atoms with van der Waals surface area (Å²) in [5.74, 6) is 0.570. The van der Waals surface area contributed by atoms with Gasteiger partial charge in [-0.3, -0.25) is 4.90 Å². The Morgan fingerprint density at radius 1 is 1.10 bits per heavy atom. The van der Waals surface area contributed by atoms with Crippen LogP contribution in [0.2, 0.25) is 0 Å². The highest BCUT2D eigenvalue weighted by Gasteiger charge is 2.21. The summed E-state index contributed by atoms with van der Waals surface area (Å²) in [5, 5.41) is 0. The van der Waals surface area contributed by atoms with E-state index in [9.17, 15) is 8.42 Å². The molecular weight excluding hydrogens is 274 g/mol. The topological polar surface area (TPSA) is 46.6 Å². The van der Waals surface area contributed by atoms with Gasteiger partial charge in [-0.15, -0.1) is 0 Å². The lowest BCUT2D eigenvalue weighted by atomic mass is 10.1. The molecule has 1 aromatic carbocycles. The van der Waals surface area contributed by atoms with E-state index in [0.717, 1.165) is 6.54 Å². The first-order valence-corrected chi connectivity index (χ1v) is 8.89. The van der Waals surface area contributed by atoms with Crippen LogP contribution in [0.25, 0.3) is 0 Å². The zero-order valence-electron chi connectivity index (χ0n) is 12.2. The van der Waals surface area contributed by atoms with Crippen LogP contribution in [0, 0.1) is 0 Å². The van der Waals surface area contributed by atoms with Gasteiger partial charge in [0.1, 0.15) is 0 Å². The molecule has 0 amide bonds. The Hall–Kier alpha value is -0.910. The van der Waals surface area contributed by atoms with Crippen molar-refractivity contribution in [3.63, 3.8) is 0 Å². The number of rotatable bonds is 5. The van der Waals surface area contributed by atoms with E-state index >= 15 is 0 Å². The van der Waals surface area contributed by atoms with Crippen molar-refractivity contribution in [2.24, 2.45) is 0 Å². The summed E-state index contributed by atoms with van der Waals surface area (Å²) in [6, 6.07) is 8.36. The molecule has 4 nitrogen and oxygen atoms in total. The van der Waals surface area contributed by atoms with E-state index in [4.69, 9.17) is 4.74 Å². The predicted molar refractivity (Wildman–Crippen MR) is 80.3 cm³/mol. The molecule has 0 unspecified atom stereocenters. The average Bonchev–Trinajstić information content (AvgIpc) is 2.40. The van der Waals surface area contributed by atoms with E-state index in [1.54, 1.807) is 0 Å². The van der Waals surface area contributed by atoms with Crippen LogP contribution in [0.1, 0.15) is 25.0 Å². The second-order valence-electron chi connectivity index (χ2n) is 5.60. The molecule has 20 heavy (non-hydrogen) atoms. The van der Waals surface area contributed by atoms with E-state index in [1.165, 1.54) is 11.1 Å². The molecule has 1 aliphatic rings. The van der Waals surface area contributed by atoms with Crippen LogP contribution in [-0.4, -0.2) is 44.0 Å². The third kappa shape index (κ3) is 4.89. The molecule has 0 atom stereocenters. The molecular formula is C15H23NO3S.